The van der Waals surface area contributed by atoms with E-state index in [9.17, 15) is 9.59 Å². The molecule has 0 bridgehead atoms. The Labute approximate surface area is 302 Å². The zero-order valence-corrected chi connectivity index (χ0v) is 30.2. The van der Waals surface area contributed by atoms with Crippen molar-refractivity contribution in [1.29, 1.82) is 0 Å². The minimum atomic E-state index is -0.685. The Balaban J connectivity index is 0.999. The number of hydrogen-bond acceptors (Lipinski definition) is 8. The molecule has 1 aliphatic carbocycles. The summed E-state index contributed by atoms with van der Waals surface area (Å²) >= 11 is 0. The molecule has 4 aliphatic rings. The van der Waals surface area contributed by atoms with Gasteiger partial charge in [-0.2, -0.15) is 0 Å². The summed E-state index contributed by atoms with van der Waals surface area (Å²) in [6.45, 7) is 8.22. The minimum absolute atomic E-state index is 0.0910. The molecule has 3 aliphatic heterocycles. The van der Waals surface area contributed by atoms with Crippen molar-refractivity contribution >= 4 is 33.8 Å². The number of aromatic nitrogens is 4. The summed E-state index contributed by atoms with van der Waals surface area (Å²) in [6.07, 6.45) is 3.15. The number of ether oxygens (including phenoxy) is 3. The third kappa shape index (κ3) is 5.42. The zero-order valence-electron chi connectivity index (χ0n) is 30.2. The van der Waals surface area contributed by atoms with Crippen LogP contribution in [-0.2, 0) is 20.9 Å². The summed E-state index contributed by atoms with van der Waals surface area (Å²) in [7, 11) is 3.07. The standard InChI is InChI=1S/C40H45N7O5/c1-19(2)34(46-40(49)51-5)39(48)47-32(13-26-20(3)36(26)47)38-43-29-9-7-22-12-28-25-8-6-23(11-24(25)18-52-33(28)14-27(22)35(29)45-38)31-16-42-37(44-31)30-10-21(15-41-30)17-50-4/h6-9,11-12,14,16,19-21,26,30,32,34,36,41H,10,13,15,17-18H2,1-5H3,(H,42,44)(H,43,45)(H,46,49)/t20-,21+,26?,30+,32+,34+,36?/m1/s1. The number of alkyl carbamates (subject to hydrolysis) is 1. The second-order valence-corrected chi connectivity index (χ2v) is 15.4. The van der Waals surface area contributed by atoms with Crippen molar-refractivity contribution in [1.82, 2.24) is 35.5 Å². The van der Waals surface area contributed by atoms with Crippen molar-refractivity contribution in [2.75, 3.05) is 27.4 Å². The highest BCUT2D eigenvalue weighted by atomic mass is 16.5. The molecule has 3 aromatic carbocycles. The number of benzene rings is 3. The van der Waals surface area contributed by atoms with E-state index in [1.54, 1.807) is 7.11 Å². The smallest absolute Gasteiger partial charge is 0.407 e. The number of carbonyl (C=O) groups excluding carboxylic acids is 2. The van der Waals surface area contributed by atoms with Gasteiger partial charge in [-0.1, -0.05) is 39.0 Å². The van der Waals surface area contributed by atoms with Crippen LogP contribution < -0.4 is 15.4 Å². The summed E-state index contributed by atoms with van der Waals surface area (Å²) in [5.41, 5.74) is 7.19. The maximum Gasteiger partial charge on any atom is 0.407 e. The fourth-order valence-electron chi connectivity index (χ4n) is 9.00. The van der Waals surface area contributed by atoms with Gasteiger partial charge < -0.3 is 39.7 Å². The minimum Gasteiger partial charge on any atom is -0.488 e. The quantitative estimate of drug-likeness (QED) is 0.148. The van der Waals surface area contributed by atoms with Gasteiger partial charge in [-0.25, -0.2) is 14.8 Å². The van der Waals surface area contributed by atoms with Gasteiger partial charge >= 0.3 is 6.09 Å². The summed E-state index contributed by atoms with van der Waals surface area (Å²) in [4.78, 5) is 45.1. The van der Waals surface area contributed by atoms with Crippen molar-refractivity contribution in [2.45, 2.75) is 64.4 Å². The Kier molecular flexibility index (Phi) is 8.00. The Bertz CT molecular complexity index is 2210. The number of hydrogen-bond donors (Lipinski definition) is 4. The van der Waals surface area contributed by atoms with Crippen LogP contribution in [0.15, 0.2) is 48.7 Å². The molecule has 9 rings (SSSR count). The maximum absolute atomic E-state index is 14.1. The van der Waals surface area contributed by atoms with Gasteiger partial charge in [0.15, 0.2) is 0 Å². The van der Waals surface area contributed by atoms with E-state index < -0.39 is 12.1 Å². The Morgan fingerprint density at radius 3 is 2.73 bits per heavy atom. The van der Waals surface area contributed by atoms with Crippen LogP contribution in [-0.4, -0.2) is 76.3 Å². The molecule has 2 amide bonds. The zero-order chi connectivity index (χ0) is 35.8. The summed E-state index contributed by atoms with van der Waals surface area (Å²) in [5.74, 6) is 3.70. The molecular formula is C40H45N7O5. The molecule has 0 radical (unpaired) electrons. The van der Waals surface area contributed by atoms with Crippen LogP contribution in [0.4, 0.5) is 4.79 Å². The molecule has 270 valence electrons. The normalized spacial score (nSPS) is 25.2. The molecule has 2 unspecified atom stereocenters. The second kappa shape index (κ2) is 12.6. The van der Waals surface area contributed by atoms with Gasteiger partial charge in [0, 0.05) is 30.6 Å². The van der Waals surface area contributed by atoms with Crippen LogP contribution in [0.5, 0.6) is 5.75 Å². The first-order valence-electron chi connectivity index (χ1n) is 18.4. The van der Waals surface area contributed by atoms with E-state index in [-0.39, 0.29) is 30.0 Å². The predicted molar refractivity (Wildman–Crippen MR) is 196 cm³/mol. The van der Waals surface area contributed by atoms with Gasteiger partial charge in [-0.3, -0.25) is 4.79 Å². The monoisotopic (exact) mass is 703 g/mol. The lowest BCUT2D eigenvalue weighted by Gasteiger charge is -2.32. The molecular weight excluding hydrogens is 658 g/mol. The number of likely N-dealkylation sites (tertiary alicyclic amines) is 1. The topological polar surface area (TPSA) is 146 Å². The summed E-state index contributed by atoms with van der Waals surface area (Å²) < 4.78 is 16.6. The second-order valence-electron chi connectivity index (χ2n) is 15.4. The van der Waals surface area contributed by atoms with Crippen molar-refractivity contribution < 1.29 is 23.8 Å². The molecule has 52 heavy (non-hydrogen) atoms. The van der Waals surface area contributed by atoms with Gasteiger partial charge in [0.25, 0.3) is 0 Å². The number of aromatic amines is 2. The first-order chi connectivity index (χ1) is 25.2. The van der Waals surface area contributed by atoms with Gasteiger partial charge in [-0.05, 0) is 82.9 Å². The molecule has 12 heteroatoms. The molecule has 5 heterocycles. The average Bonchev–Trinajstić information content (AvgIpc) is 3.79. The van der Waals surface area contributed by atoms with Crippen LogP contribution in [0.25, 0.3) is 44.2 Å². The van der Waals surface area contributed by atoms with E-state index in [0.717, 1.165) is 93.1 Å². The van der Waals surface area contributed by atoms with Crippen molar-refractivity contribution in [3.8, 4) is 28.1 Å². The van der Waals surface area contributed by atoms with Gasteiger partial charge in [-0.15, -0.1) is 0 Å². The van der Waals surface area contributed by atoms with Crippen LogP contribution in [0.1, 0.15) is 62.9 Å². The van der Waals surface area contributed by atoms with E-state index >= 15 is 0 Å². The molecule has 2 aromatic heterocycles. The van der Waals surface area contributed by atoms with E-state index in [1.165, 1.54) is 7.11 Å². The highest BCUT2D eigenvalue weighted by Crippen LogP contribution is 2.58. The number of amides is 2. The van der Waals surface area contributed by atoms with Gasteiger partial charge in [0.1, 0.15) is 30.0 Å². The molecule has 2 saturated heterocycles. The summed E-state index contributed by atoms with van der Waals surface area (Å²) in [5, 5.41) is 8.45. The number of H-pyrrole nitrogens is 2. The number of methoxy groups -OCH3 is 2. The lowest BCUT2D eigenvalue weighted by atomic mass is 9.92. The van der Waals surface area contributed by atoms with Crippen LogP contribution >= 0.6 is 0 Å². The molecule has 3 fully saturated rings. The number of nitrogens with zero attached hydrogens (tertiary/aromatic N) is 3. The third-order valence-electron chi connectivity index (χ3n) is 11.9. The Morgan fingerprint density at radius 2 is 1.92 bits per heavy atom. The van der Waals surface area contributed by atoms with E-state index in [1.807, 2.05) is 31.0 Å². The molecule has 7 atom stereocenters. The number of carbonyl (C=O) groups is 2. The van der Waals surface area contributed by atoms with Gasteiger partial charge in [0.2, 0.25) is 5.91 Å². The highest BCUT2D eigenvalue weighted by Gasteiger charge is 2.61. The Hall–Kier alpha value is -4.94. The average molecular weight is 704 g/mol. The lowest BCUT2D eigenvalue weighted by molar-refractivity contribution is -0.137. The summed E-state index contributed by atoms with van der Waals surface area (Å²) in [6, 6.07) is 14.5. The van der Waals surface area contributed by atoms with Crippen molar-refractivity contribution in [3.63, 3.8) is 0 Å². The number of nitrogens with one attached hydrogen (secondary N) is 4. The Morgan fingerprint density at radius 1 is 1.06 bits per heavy atom. The van der Waals surface area contributed by atoms with Gasteiger partial charge in [0.05, 0.1) is 48.7 Å². The fraction of sp³-hybridized carbons (Fsp3) is 0.450. The van der Waals surface area contributed by atoms with Crippen LogP contribution in [0.2, 0.25) is 0 Å². The van der Waals surface area contributed by atoms with E-state index in [0.29, 0.717) is 24.4 Å². The number of fused-ring (bicyclic) bond motifs is 7. The molecule has 12 nitrogen and oxygen atoms in total. The lowest BCUT2D eigenvalue weighted by Crippen LogP contribution is -2.52. The fourth-order valence-corrected chi connectivity index (χ4v) is 9.00. The number of imidazole rings is 2. The molecule has 1 saturated carbocycles. The number of piperidine rings is 1. The first-order valence-corrected chi connectivity index (χ1v) is 18.4. The van der Waals surface area contributed by atoms with E-state index in [2.05, 4.69) is 63.9 Å². The number of rotatable bonds is 8. The molecule has 0 spiro atoms. The SMILES string of the molecule is COC[C@@H]1CN[C@H](c2ncc(-c3ccc4c(c3)COc3cc5c(ccc6nc([C@@H]7CC8C([C@@H]8C)N7C(=O)[C@@H](NC(=O)OC)C(C)C)[nH]c65)cc3-4)[nH]2)C1. The molecule has 5 aromatic rings. The third-order valence-corrected chi connectivity index (χ3v) is 11.9. The predicted octanol–water partition coefficient (Wildman–Crippen LogP) is 6.25. The first kappa shape index (κ1) is 32.9. The molecule has 4 N–H and O–H groups in total. The largest absolute Gasteiger partial charge is 0.488 e. The van der Waals surface area contributed by atoms with Crippen molar-refractivity contribution in [2.24, 2.45) is 23.7 Å². The van der Waals surface area contributed by atoms with Crippen LogP contribution in [0, 0.1) is 23.7 Å². The van der Waals surface area contributed by atoms with Crippen molar-refractivity contribution in [3.05, 3.63) is 65.9 Å². The van der Waals surface area contributed by atoms with Crippen LogP contribution in [0.3, 0.4) is 0 Å². The van der Waals surface area contributed by atoms with E-state index in [4.69, 9.17) is 24.2 Å². The maximum atomic E-state index is 14.1. The highest BCUT2D eigenvalue weighted by molar-refractivity contribution is 6.07.